The number of rotatable bonds is 3. The molecule has 0 aliphatic carbocycles. The van der Waals surface area contributed by atoms with Crippen molar-refractivity contribution in [3.63, 3.8) is 0 Å². The summed E-state index contributed by atoms with van der Waals surface area (Å²) in [5.41, 5.74) is 1.79. The lowest BCUT2D eigenvalue weighted by molar-refractivity contribution is -0.118. The maximum Gasteiger partial charge on any atom is 0.263 e. The molecule has 6 nitrogen and oxygen atoms in total. The van der Waals surface area contributed by atoms with Crippen LogP contribution in [-0.2, 0) is 14.8 Å². The van der Waals surface area contributed by atoms with Gasteiger partial charge in [-0.2, -0.15) is 0 Å². The van der Waals surface area contributed by atoms with E-state index >= 15 is 0 Å². The molecule has 0 aromatic heterocycles. The predicted molar refractivity (Wildman–Crippen MR) is 87.6 cm³/mol. The number of amides is 1. The fourth-order valence-electron chi connectivity index (χ4n) is 2.12. The first-order valence-corrected chi connectivity index (χ1v) is 8.57. The summed E-state index contributed by atoms with van der Waals surface area (Å²) in [6.07, 6.45) is 0. The smallest absolute Gasteiger partial charge is 0.263 e. The third-order valence-corrected chi connectivity index (χ3v) is 5.11. The number of fused-ring (bicyclic) bond motifs is 1. The van der Waals surface area contributed by atoms with Gasteiger partial charge in [0.2, 0.25) is 0 Å². The molecule has 2 aromatic rings. The lowest BCUT2D eigenvalue weighted by Gasteiger charge is -2.19. The van der Waals surface area contributed by atoms with Gasteiger partial charge in [-0.3, -0.25) is 9.52 Å². The molecule has 0 fully saturated rings. The molecular weight excluding hydrogens is 340 g/mol. The van der Waals surface area contributed by atoms with Crippen LogP contribution in [0.2, 0.25) is 5.02 Å². The molecule has 0 radical (unpaired) electrons. The van der Waals surface area contributed by atoms with Gasteiger partial charge in [0.1, 0.15) is 10.6 Å². The topological polar surface area (TPSA) is 84.5 Å². The highest BCUT2D eigenvalue weighted by Crippen LogP contribution is 2.36. The van der Waals surface area contributed by atoms with Crippen LogP contribution in [0, 0.1) is 6.92 Å². The summed E-state index contributed by atoms with van der Waals surface area (Å²) in [5, 5.41) is 2.57. The number of carbonyl (C=O) groups is 1. The summed E-state index contributed by atoms with van der Waals surface area (Å²) in [6.45, 7) is 1.74. The van der Waals surface area contributed by atoms with E-state index in [1.54, 1.807) is 24.3 Å². The Morgan fingerprint density at radius 1 is 1.22 bits per heavy atom. The molecule has 3 rings (SSSR count). The first kappa shape index (κ1) is 15.6. The molecule has 23 heavy (non-hydrogen) atoms. The third-order valence-electron chi connectivity index (χ3n) is 3.26. The summed E-state index contributed by atoms with van der Waals surface area (Å²) in [4.78, 5) is 11.2. The minimum atomic E-state index is -3.88. The number of benzene rings is 2. The molecule has 1 amide bonds. The average molecular weight is 353 g/mol. The second kappa shape index (κ2) is 5.75. The zero-order valence-electron chi connectivity index (χ0n) is 12.1. The first-order valence-electron chi connectivity index (χ1n) is 6.71. The van der Waals surface area contributed by atoms with E-state index in [0.717, 1.165) is 5.56 Å². The number of anilines is 2. The fraction of sp³-hybridized carbons (Fsp3) is 0.133. The zero-order valence-corrected chi connectivity index (χ0v) is 13.7. The molecular formula is C15H13ClN2O4S. The van der Waals surface area contributed by atoms with Crippen LogP contribution in [0.25, 0.3) is 0 Å². The third kappa shape index (κ3) is 3.25. The summed E-state index contributed by atoms with van der Waals surface area (Å²) < 4.78 is 32.7. The van der Waals surface area contributed by atoms with Crippen LogP contribution in [0.5, 0.6) is 5.75 Å². The van der Waals surface area contributed by atoms with Crippen molar-refractivity contribution in [2.75, 3.05) is 16.6 Å². The van der Waals surface area contributed by atoms with E-state index in [4.69, 9.17) is 16.3 Å². The largest absolute Gasteiger partial charge is 0.482 e. The second-order valence-corrected chi connectivity index (χ2v) is 7.15. The van der Waals surface area contributed by atoms with E-state index in [1.165, 1.54) is 12.1 Å². The Balaban J connectivity index is 1.96. The van der Waals surface area contributed by atoms with Crippen molar-refractivity contribution in [3.8, 4) is 5.75 Å². The van der Waals surface area contributed by atoms with Crippen LogP contribution in [-0.4, -0.2) is 20.9 Å². The number of halogens is 1. The van der Waals surface area contributed by atoms with Gasteiger partial charge in [-0.15, -0.1) is 0 Å². The lowest BCUT2D eigenvalue weighted by Crippen LogP contribution is -2.25. The van der Waals surface area contributed by atoms with Crippen molar-refractivity contribution >= 4 is 38.9 Å². The van der Waals surface area contributed by atoms with Crippen LogP contribution in [0.4, 0.5) is 11.4 Å². The molecule has 0 saturated heterocycles. The Kier molecular flexibility index (Phi) is 3.91. The second-order valence-electron chi connectivity index (χ2n) is 5.09. The van der Waals surface area contributed by atoms with Crippen molar-refractivity contribution in [2.45, 2.75) is 11.8 Å². The minimum Gasteiger partial charge on any atom is -0.482 e. The number of carbonyl (C=O) groups excluding carboxylic acids is 1. The van der Waals surface area contributed by atoms with Gasteiger partial charge in [-0.05, 0) is 25.1 Å². The molecule has 2 N–H and O–H groups in total. The van der Waals surface area contributed by atoms with Crippen LogP contribution in [0.15, 0.2) is 41.3 Å². The zero-order chi connectivity index (χ0) is 16.6. The van der Waals surface area contributed by atoms with Gasteiger partial charge in [-0.25, -0.2) is 8.42 Å². The van der Waals surface area contributed by atoms with Crippen LogP contribution >= 0.6 is 11.6 Å². The van der Waals surface area contributed by atoms with Gasteiger partial charge in [0, 0.05) is 11.8 Å². The Morgan fingerprint density at radius 2 is 1.91 bits per heavy atom. The fourth-order valence-corrected chi connectivity index (χ4v) is 3.72. The maximum absolute atomic E-state index is 12.5. The summed E-state index contributed by atoms with van der Waals surface area (Å²) in [6, 6.07) is 9.58. The van der Waals surface area contributed by atoms with Crippen molar-refractivity contribution in [2.24, 2.45) is 0 Å². The molecule has 120 valence electrons. The van der Waals surface area contributed by atoms with Crippen molar-refractivity contribution in [1.29, 1.82) is 0 Å². The Bertz CT molecular complexity index is 879. The molecule has 0 unspecified atom stereocenters. The summed E-state index contributed by atoms with van der Waals surface area (Å²) in [5.74, 6) is -0.0553. The van der Waals surface area contributed by atoms with E-state index < -0.39 is 10.0 Å². The number of hydrogen-bond acceptors (Lipinski definition) is 4. The van der Waals surface area contributed by atoms with Crippen molar-refractivity contribution in [3.05, 3.63) is 47.0 Å². The normalized spacial score (nSPS) is 13.7. The highest BCUT2D eigenvalue weighted by Gasteiger charge is 2.24. The first-order chi connectivity index (χ1) is 10.8. The molecule has 8 heteroatoms. The van der Waals surface area contributed by atoms with Gasteiger partial charge >= 0.3 is 0 Å². The highest BCUT2D eigenvalue weighted by molar-refractivity contribution is 7.92. The number of hydrogen-bond donors (Lipinski definition) is 2. The molecule has 1 aliphatic heterocycles. The van der Waals surface area contributed by atoms with E-state index in [2.05, 4.69) is 10.0 Å². The van der Waals surface area contributed by atoms with E-state index in [1.807, 2.05) is 6.92 Å². The average Bonchev–Trinajstić information content (AvgIpc) is 2.48. The molecule has 1 aliphatic rings. The number of aryl methyl sites for hydroxylation is 1. The van der Waals surface area contributed by atoms with E-state index in [9.17, 15) is 13.2 Å². The van der Waals surface area contributed by atoms with Gasteiger partial charge in [0.05, 0.1) is 10.7 Å². The van der Waals surface area contributed by atoms with E-state index in [-0.39, 0.29) is 28.2 Å². The van der Waals surface area contributed by atoms with Crippen molar-refractivity contribution < 1.29 is 17.9 Å². The molecule has 0 spiro atoms. The van der Waals surface area contributed by atoms with E-state index in [0.29, 0.717) is 11.4 Å². The molecule has 1 heterocycles. The van der Waals surface area contributed by atoms with Crippen molar-refractivity contribution in [1.82, 2.24) is 0 Å². The van der Waals surface area contributed by atoms with Crippen LogP contribution < -0.4 is 14.8 Å². The maximum atomic E-state index is 12.5. The lowest BCUT2D eigenvalue weighted by atomic mass is 10.2. The predicted octanol–water partition coefficient (Wildman–Crippen LogP) is 2.78. The molecule has 2 aromatic carbocycles. The minimum absolute atomic E-state index is 0.00541. The molecule has 0 saturated carbocycles. The molecule has 0 atom stereocenters. The summed E-state index contributed by atoms with van der Waals surface area (Å²) in [7, 11) is -3.88. The quantitative estimate of drug-likeness (QED) is 0.889. The Morgan fingerprint density at radius 3 is 2.61 bits per heavy atom. The monoisotopic (exact) mass is 352 g/mol. The molecule has 0 bridgehead atoms. The SMILES string of the molecule is Cc1ccc(NS(=O)(=O)c2cc3c(cc2Cl)NC(=O)CO3)cc1. The number of nitrogens with one attached hydrogen (secondary N) is 2. The Labute approximate surface area is 138 Å². The highest BCUT2D eigenvalue weighted by atomic mass is 35.5. The Hall–Kier alpha value is -2.25. The standard InChI is InChI=1S/C15H13ClN2O4S/c1-9-2-4-10(5-3-9)18-23(20,21)14-7-13-12(6-11(14)16)17-15(19)8-22-13/h2-7,18H,8H2,1H3,(H,17,19). The van der Waals surface area contributed by atoms with Gasteiger partial charge in [-0.1, -0.05) is 29.3 Å². The van der Waals surface area contributed by atoms with Crippen LogP contribution in [0.1, 0.15) is 5.56 Å². The van der Waals surface area contributed by atoms with Crippen LogP contribution in [0.3, 0.4) is 0 Å². The summed E-state index contributed by atoms with van der Waals surface area (Å²) >= 11 is 6.06. The van der Waals surface area contributed by atoms with Gasteiger partial charge in [0.15, 0.2) is 6.61 Å². The number of ether oxygens (including phenoxy) is 1. The van der Waals surface area contributed by atoms with Gasteiger partial charge < -0.3 is 10.1 Å². The van der Waals surface area contributed by atoms with Gasteiger partial charge in [0.25, 0.3) is 15.9 Å². The number of sulfonamides is 1.